The Bertz CT molecular complexity index is 514. The highest BCUT2D eigenvalue weighted by molar-refractivity contribution is 7.89. The van der Waals surface area contributed by atoms with Crippen LogP contribution < -0.4 is 5.14 Å². The molecule has 1 unspecified atom stereocenters. The van der Waals surface area contributed by atoms with E-state index in [-0.39, 0.29) is 10.9 Å². The third-order valence-corrected chi connectivity index (χ3v) is 4.61. The van der Waals surface area contributed by atoms with Gasteiger partial charge in [-0.25, -0.2) is 13.6 Å². The van der Waals surface area contributed by atoms with Gasteiger partial charge in [-0.3, -0.25) is 4.90 Å². The molecular formula is C15H26N2O2S. The molecular weight excluding hydrogens is 272 g/mol. The summed E-state index contributed by atoms with van der Waals surface area (Å²) in [4.78, 5) is 2.43. The largest absolute Gasteiger partial charge is 0.300 e. The Morgan fingerprint density at radius 1 is 1.25 bits per heavy atom. The van der Waals surface area contributed by atoms with E-state index < -0.39 is 10.0 Å². The molecule has 0 aromatic heterocycles. The number of benzene rings is 1. The number of nitrogens with two attached hydrogens (primary N) is 1. The van der Waals surface area contributed by atoms with Crippen molar-refractivity contribution in [2.24, 2.45) is 5.14 Å². The van der Waals surface area contributed by atoms with E-state index in [1.54, 1.807) is 12.1 Å². The van der Waals surface area contributed by atoms with Gasteiger partial charge >= 0.3 is 0 Å². The van der Waals surface area contributed by atoms with Gasteiger partial charge < -0.3 is 0 Å². The summed E-state index contributed by atoms with van der Waals surface area (Å²) in [6, 6.07) is 7.08. The van der Waals surface area contributed by atoms with E-state index in [0.29, 0.717) is 0 Å². The molecule has 114 valence electrons. The maximum atomic E-state index is 11.4. The highest BCUT2D eigenvalue weighted by atomic mass is 32.2. The summed E-state index contributed by atoms with van der Waals surface area (Å²) < 4.78 is 22.8. The minimum absolute atomic E-state index is 0.179. The number of sulfonamides is 1. The lowest BCUT2D eigenvalue weighted by atomic mass is 10.1. The van der Waals surface area contributed by atoms with Crippen molar-refractivity contribution < 1.29 is 8.42 Å². The molecule has 0 saturated carbocycles. The molecule has 0 amide bonds. The molecule has 2 N–H and O–H groups in total. The second-order valence-electron chi connectivity index (χ2n) is 5.33. The van der Waals surface area contributed by atoms with Crippen molar-refractivity contribution in [3.8, 4) is 0 Å². The molecule has 4 nitrogen and oxygen atoms in total. The van der Waals surface area contributed by atoms with Gasteiger partial charge in [0.25, 0.3) is 0 Å². The first-order chi connectivity index (χ1) is 9.36. The number of rotatable bonds is 8. The maximum Gasteiger partial charge on any atom is 0.238 e. The van der Waals surface area contributed by atoms with Gasteiger partial charge in [0.1, 0.15) is 0 Å². The second-order valence-corrected chi connectivity index (χ2v) is 6.90. The number of hydrogen-bond acceptors (Lipinski definition) is 3. The Balaban J connectivity index is 2.69. The molecule has 1 aromatic rings. The van der Waals surface area contributed by atoms with Crippen molar-refractivity contribution in [2.45, 2.75) is 50.5 Å². The zero-order valence-electron chi connectivity index (χ0n) is 12.7. The van der Waals surface area contributed by atoms with E-state index in [4.69, 9.17) is 5.14 Å². The SMILES string of the molecule is CCCCCCN(C)C(C)c1cccc(S(N)(=O)=O)c1. The molecule has 0 fully saturated rings. The topological polar surface area (TPSA) is 63.4 Å². The van der Waals surface area contributed by atoms with Gasteiger partial charge in [0.05, 0.1) is 4.90 Å². The van der Waals surface area contributed by atoms with Crippen LogP contribution in [0.25, 0.3) is 0 Å². The number of unbranched alkanes of at least 4 members (excludes halogenated alkanes) is 3. The van der Waals surface area contributed by atoms with E-state index in [2.05, 4.69) is 25.8 Å². The molecule has 1 rings (SSSR count). The zero-order valence-corrected chi connectivity index (χ0v) is 13.5. The minimum atomic E-state index is -3.63. The first-order valence-corrected chi connectivity index (χ1v) is 8.74. The van der Waals surface area contributed by atoms with Crippen LogP contribution in [0.1, 0.15) is 51.1 Å². The molecule has 20 heavy (non-hydrogen) atoms. The Kier molecular flexibility index (Phi) is 6.65. The fourth-order valence-corrected chi connectivity index (χ4v) is 2.76. The van der Waals surface area contributed by atoms with E-state index >= 15 is 0 Å². The summed E-state index contributed by atoms with van der Waals surface area (Å²) in [7, 11) is -1.56. The minimum Gasteiger partial charge on any atom is -0.300 e. The highest BCUT2D eigenvalue weighted by Gasteiger charge is 2.14. The summed E-state index contributed by atoms with van der Waals surface area (Å²) in [6.45, 7) is 5.30. The predicted molar refractivity (Wildman–Crippen MR) is 83.0 cm³/mol. The lowest BCUT2D eigenvalue weighted by Gasteiger charge is -2.25. The molecule has 0 heterocycles. The van der Waals surface area contributed by atoms with Gasteiger partial charge in [-0.2, -0.15) is 0 Å². The molecule has 1 aromatic carbocycles. The molecule has 0 saturated heterocycles. The van der Waals surface area contributed by atoms with Gasteiger partial charge in [0.2, 0.25) is 10.0 Å². The van der Waals surface area contributed by atoms with Crippen LogP contribution in [-0.4, -0.2) is 26.9 Å². The lowest BCUT2D eigenvalue weighted by Crippen LogP contribution is -2.24. The van der Waals surface area contributed by atoms with Gasteiger partial charge in [0.15, 0.2) is 0 Å². The lowest BCUT2D eigenvalue weighted by molar-refractivity contribution is 0.255. The third-order valence-electron chi connectivity index (χ3n) is 3.69. The van der Waals surface area contributed by atoms with Crippen LogP contribution in [0.4, 0.5) is 0 Å². The summed E-state index contributed by atoms with van der Waals surface area (Å²) in [5.74, 6) is 0. The van der Waals surface area contributed by atoms with Crippen LogP contribution in [0.15, 0.2) is 29.2 Å². The Morgan fingerprint density at radius 2 is 1.95 bits per heavy atom. The van der Waals surface area contributed by atoms with Gasteiger partial charge in [0, 0.05) is 6.04 Å². The standard InChI is InChI=1S/C15H26N2O2S/c1-4-5-6-7-11-17(3)13(2)14-9-8-10-15(12-14)20(16,18)19/h8-10,12-13H,4-7,11H2,1-3H3,(H2,16,18,19). The number of nitrogens with zero attached hydrogens (tertiary/aromatic N) is 1. The molecule has 0 aliphatic rings. The number of hydrogen-bond donors (Lipinski definition) is 1. The van der Waals surface area contributed by atoms with E-state index in [1.807, 2.05) is 6.07 Å². The van der Waals surface area contributed by atoms with Crippen molar-refractivity contribution in [1.29, 1.82) is 0 Å². The monoisotopic (exact) mass is 298 g/mol. The Hall–Kier alpha value is -0.910. The first kappa shape index (κ1) is 17.1. The molecule has 1 atom stereocenters. The smallest absolute Gasteiger partial charge is 0.238 e. The fraction of sp³-hybridized carbons (Fsp3) is 0.600. The predicted octanol–water partition coefficient (Wildman–Crippen LogP) is 2.91. The molecule has 0 radical (unpaired) electrons. The molecule has 0 bridgehead atoms. The molecule has 0 spiro atoms. The maximum absolute atomic E-state index is 11.4. The van der Waals surface area contributed by atoms with E-state index in [1.165, 1.54) is 31.7 Å². The van der Waals surface area contributed by atoms with Gasteiger partial charge in [-0.15, -0.1) is 0 Å². The van der Waals surface area contributed by atoms with Crippen molar-refractivity contribution in [3.63, 3.8) is 0 Å². The van der Waals surface area contributed by atoms with E-state index in [0.717, 1.165) is 12.1 Å². The average Bonchev–Trinajstić information content (AvgIpc) is 2.42. The van der Waals surface area contributed by atoms with Crippen LogP contribution in [0.3, 0.4) is 0 Å². The van der Waals surface area contributed by atoms with Crippen molar-refractivity contribution >= 4 is 10.0 Å². The van der Waals surface area contributed by atoms with Crippen LogP contribution in [0, 0.1) is 0 Å². The quantitative estimate of drug-likeness (QED) is 0.751. The molecule has 5 heteroatoms. The summed E-state index contributed by atoms with van der Waals surface area (Å²) >= 11 is 0. The molecule has 0 aliphatic heterocycles. The fourth-order valence-electron chi connectivity index (χ4n) is 2.19. The van der Waals surface area contributed by atoms with Crippen LogP contribution in [-0.2, 0) is 10.0 Å². The van der Waals surface area contributed by atoms with Crippen LogP contribution in [0.5, 0.6) is 0 Å². The van der Waals surface area contributed by atoms with Crippen molar-refractivity contribution in [2.75, 3.05) is 13.6 Å². The van der Waals surface area contributed by atoms with Crippen molar-refractivity contribution in [3.05, 3.63) is 29.8 Å². The summed E-state index contributed by atoms with van der Waals surface area (Å²) in [5, 5.41) is 5.17. The zero-order chi connectivity index (χ0) is 15.2. The third kappa shape index (κ3) is 5.23. The van der Waals surface area contributed by atoms with E-state index in [9.17, 15) is 8.42 Å². The van der Waals surface area contributed by atoms with Gasteiger partial charge in [-0.05, 0) is 44.6 Å². The Labute approximate surface area is 123 Å². The van der Waals surface area contributed by atoms with Crippen LogP contribution in [0.2, 0.25) is 0 Å². The summed E-state index contributed by atoms with van der Waals surface area (Å²) in [6.07, 6.45) is 4.91. The average molecular weight is 298 g/mol. The normalized spacial score (nSPS) is 13.7. The Morgan fingerprint density at radius 3 is 2.55 bits per heavy atom. The van der Waals surface area contributed by atoms with Crippen LogP contribution >= 0.6 is 0 Å². The highest BCUT2D eigenvalue weighted by Crippen LogP contribution is 2.21. The van der Waals surface area contributed by atoms with Crippen molar-refractivity contribution in [1.82, 2.24) is 4.90 Å². The second kappa shape index (κ2) is 7.76. The van der Waals surface area contributed by atoms with Gasteiger partial charge in [-0.1, -0.05) is 38.3 Å². The summed E-state index contributed by atoms with van der Waals surface area (Å²) in [5.41, 5.74) is 0.981. The molecule has 0 aliphatic carbocycles. The first-order valence-electron chi connectivity index (χ1n) is 7.19. The number of primary sulfonamides is 1.